The summed E-state index contributed by atoms with van der Waals surface area (Å²) in [4.78, 5) is 32.4. The summed E-state index contributed by atoms with van der Waals surface area (Å²) >= 11 is 3.16. The van der Waals surface area contributed by atoms with E-state index in [0.717, 1.165) is 0 Å². The molecule has 31 heavy (non-hydrogen) atoms. The summed E-state index contributed by atoms with van der Waals surface area (Å²) in [6, 6.07) is 13.4. The van der Waals surface area contributed by atoms with Crippen molar-refractivity contribution in [3.05, 3.63) is 91.2 Å². The number of rotatable bonds is 8. The Morgan fingerprint density at radius 1 is 1.10 bits per heavy atom. The number of amides is 1. The van der Waals surface area contributed by atoms with E-state index in [-0.39, 0.29) is 23.7 Å². The number of nitro groups is 2. The predicted octanol–water partition coefficient (Wildman–Crippen LogP) is 3.59. The third-order valence-corrected chi connectivity index (χ3v) is 4.61. The van der Waals surface area contributed by atoms with Crippen LogP contribution in [0.1, 0.15) is 5.69 Å². The maximum absolute atomic E-state index is 11.9. The van der Waals surface area contributed by atoms with Gasteiger partial charge in [-0.3, -0.25) is 25.0 Å². The molecule has 3 aromatic rings. The van der Waals surface area contributed by atoms with E-state index in [2.05, 4.69) is 26.5 Å². The second kappa shape index (κ2) is 9.63. The third-order valence-electron chi connectivity index (χ3n) is 3.99. The molecule has 12 heteroatoms. The first kappa shape index (κ1) is 21.6. The van der Waals surface area contributed by atoms with Crippen molar-refractivity contribution in [2.45, 2.75) is 0 Å². The molecule has 1 amide bonds. The topological polar surface area (TPSA) is 142 Å². The van der Waals surface area contributed by atoms with Crippen molar-refractivity contribution in [1.29, 1.82) is 0 Å². The maximum Gasteiger partial charge on any atom is 0.277 e. The van der Waals surface area contributed by atoms with Gasteiger partial charge in [0.15, 0.2) is 6.61 Å². The molecule has 0 fully saturated rings. The van der Waals surface area contributed by atoms with Gasteiger partial charge in [-0.25, -0.2) is 5.43 Å². The zero-order valence-electron chi connectivity index (χ0n) is 15.7. The molecule has 1 aromatic heterocycles. The lowest BCUT2D eigenvalue weighted by atomic mass is 10.3. The molecule has 0 bridgehead atoms. The number of benzene rings is 2. The quantitative estimate of drug-likeness (QED) is 0.292. The minimum atomic E-state index is -0.539. The molecule has 0 radical (unpaired) electrons. The number of carbonyl (C=O) groups excluding carboxylic acids is 1. The van der Waals surface area contributed by atoms with Crippen molar-refractivity contribution < 1.29 is 19.4 Å². The lowest BCUT2D eigenvalue weighted by Gasteiger charge is -2.07. The molecule has 0 aliphatic heterocycles. The Hall–Kier alpha value is -4.06. The van der Waals surface area contributed by atoms with E-state index in [4.69, 9.17) is 4.74 Å². The van der Waals surface area contributed by atoms with Crippen LogP contribution in [0.5, 0.6) is 5.75 Å². The highest BCUT2D eigenvalue weighted by atomic mass is 79.9. The molecule has 3 rings (SSSR count). The molecule has 0 aliphatic carbocycles. The van der Waals surface area contributed by atoms with E-state index in [0.29, 0.717) is 15.9 Å². The number of nitro benzene ring substituents is 2. The van der Waals surface area contributed by atoms with Gasteiger partial charge in [-0.15, -0.1) is 0 Å². The number of aromatic nitrogens is 1. The van der Waals surface area contributed by atoms with Crippen LogP contribution in [0.15, 0.2) is 70.4 Å². The molecule has 0 saturated heterocycles. The smallest absolute Gasteiger partial charge is 0.277 e. The standard InChI is InChI=1S/C19H14BrN5O6/c20-17-10-15(25(29)30)7-8-18(17)31-12-19(26)22-21-11-16-2-1-9-23(16)13-3-5-14(6-4-13)24(27)28/h1-11H,12H2,(H,22,26)/b21-11+. The van der Waals surface area contributed by atoms with Crippen LogP contribution in [0.4, 0.5) is 11.4 Å². The average molecular weight is 488 g/mol. The van der Waals surface area contributed by atoms with Crippen molar-refractivity contribution in [2.75, 3.05) is 6.61 Å². The van der Waals surface area contributed by atoms with Gasteiger partial charge in [0.05, 0.1) is 26.2 Å². The Morgan fingerprint density at radius 3 is 2.42 bits per heavy atom. The number of hydrogen-bond donors (Lipinski definition) is 1. The van der Waals surface area contributed by atoms with Gasteiger partial charge in [0.25, 0.3) is 17.3 Å². The SMILES string of the molecule is O=C(COc1ccc([N+](=O)[O-])cc1Br)N/N=C/c1cccn1-c1ccc([N+](=O)[O-])cc1. The first-order valence-corrected chi connectivity index (χ1v) is 9.45. The second-order valence-corrected chi connectivity index (χ2v) is 6.88. The largest absolute Gasteiger partial charge is 0.483 e. The van der Waals surface area contributed by atoms with Gasteiger partial charge >= 0.3 is 0 Å². The predicted molar refractivity (Wildman–Crippen MR) is 114 cm³/mol. The van der Waals surface area contributed by atoms with Gasteiger partial charge in [0, 0.05) is 36.1 Å². The number of hydrogen-bond acceptors (Lipinski definition) is 7. The number of halogens is 1. The first-order valence-electron chi connectivity index (χ1n) is 8.66. The Kier molecular flexibility index (Phi) is 6.72. The van der Waals surface area contributed by atoms with Crippen LogP contribution in [0.25, 0.3) is 5.69 Å². The van der Waals surface area contributed by atoms with Crippen molar-refractivity contribution >= 4 is 39.4 Å². The summed E-state index contributed by atoms with van der Waals surface area (Å²) in [6.07, 6.45) is 3.17. The molecule has 1 heterocycles. The molecule has 0 atom stereocenters. The third kappa shape index (κ3) is 5.51. The normalized spacial score (nSPS) is 10.7. The fourth-order valence-corrected chi connectivity index (χ4v) is 3.02. The van der Waals surface area contributed by atoms with Gasteiger partial charge in [0.1, 0.15) is 5.75 Å². The molecule has 0 aliphatic rings. The fourth-order valence-electron chi connectivity index (χ4n) is 2.54. The molecule has 0 spiro atoms. The van der Waals surface area contributed by atoms with Crippen LogP contribution in [0, 0.1) is 20.2 Å². The summed E-state index contributed by atoms with van der Waals surface area (Å²) in [5.41, 5.74) is 3.52. The summed E-state index contributed by atoms with van der Waals surface area (Å²) in [7, 11) is 0. The minimum Gasteiger partial charge on any atom is -0.483 e. The van der Waals surface area contributed by atoms with Crippen molar-refractivity contribution in [3.8, 4) is 11.4 Å². The van der Waals surface area contributed by atoms with Crippen molar-refractivity contribution in [2.24, 2.45) is 5.10 Å². The van der Waals surface area contributed by atoms with Crippen LogP contribution in [0.2, 0.25) is 0 Å². The number of nitrogens with zero attached hydrogens (tertiary/aromatic N) is 4. The number of ether oxygens (including phenoxy) is 1. The van der Waals surface area contributed by atoms with Gasteiger partial charge in [0.2, 0.25) is 0 Å². The highest BCUT2D eigenvalue weighted by Crippen LogP contribution is 2.29. The molecular weight excluding hydrogens is 474 g/mol. The molecular formula is C19H14BrN5O6. The Balaban J connectivity index is 1.58. The molecule has 0 saturated carbocycles. The molecule has 158 valence electrons. The number of non-ortho nitro benzene ring substituents is 2. The minimum absolute atomic E-state index is 0.0157. The Bertz CT molecular complexity index is 1160. The van der Waals surface area contributed by atoms with E-state index in [1.54, 1.807) is 35.0 Å². The van der Waals surface area contributed by atoms with Crippen LogP contribution in [-0.2, 0) is 4.79 Å². The molecule has 1 N–H and O–H groups in total. The van der Waals surface area contributed by atoms with Gasteiger partial charge in [-0.2, -0.15) is 5.10 Å². The highest BCUT2D eigenvalue weighted by Gasteiger charge is 2.11. The fraction of sp³-hybridized carbons (Fsp3) is 0.0526. The lowest BCUT2D eigenvalue weighted by molar-refractivity contribution is -0.385. The first-order chi connectivity index (χ1) is 14.8. The van der Waals surface area contributed by atoms with Crippen molar-refractivity contribution in [3.63, 3.8) is 0 Å². The van der Waals surface area contributed by atoms with Gasteiger partial charge in [-0.1, -0.05) is 0 Å². The second-order valence-electron chi connectivity index (χ2n) is 6.03. The Labute approximate surface area is 183 Å². The number of nitrogens with one attached hydrogen (secondary N) is 1. The molecule has 2 aromatic carbocycles. The maximum atomic E-state index is 11.9. The van der Waals surface area contributed by atoms with Gasteiger partial charge < -0.3 is 9.30 Å². The van der Waals surface area contributed by atoms with Crippen LogP contribution < -0.4 is 10.2 Å². The molecule has 11 nitrogen and oxygen atoms in total. The summed E-state index contributed by atoms with van der Waals surface area (Å²) in [5, 5.41) is 25.4. The van der Waals surface area contributed by atoms with Crippen LogP contribution >= 0.6 is 15.9 Å². The zero-order valence-corrected chi connectivity index (χ0v) is 17.3. The van der Waals surface area contributed by atoms with Crippen LogP contribution in [-0.4, -0.2) is 33.1 Å². The number of hydrazone groups is 1. The van der Waals surface area contributed by atoms with E-state index in [9.17, 15) is 25.0 Å². The highest BCUT2D eigenvalue weighted by molar-refractivity contribution is 9.10. The average Bonchev–Trinajstić information content (AvgIpc) is 3.21. The number of carbonyl (C=O) groups is 1. The van der Waals surface area contributed by atoms with Crippen molar-refractivity contribution in [1.82, 2.24) is 9.99 Å². The van der Waals surface area contributed by atoms with Crippen LogP contribution in [0.3, 0.4) is 0 Å². The summed E-state index contributed by atoms with van der Waals surface area (Å²) in [5.74, 6) is -0.258. The van der Waals surface area contributed by atoms with Gasteiger partial charge in [-0.05, 0) is 46.3 Å². The Morgan fingerprint density at radius 2 is 1.77 bits per heavy atom. The summed E-state index contributed by atoms with van der Waals surface area (Å²) in [6.45, 7) is -0.350. The summed E-state index contributed by atoms with van der Waals surface area (Å²) < 4.78 is 7.42. The van der Waals surface area contributed by atoms with E-state index in [1.165, 1.54) is 36.5 Å². The van der Waals surface area contributed by atoms with E-state index < -0.39 is 15.8 Å². The molecule has 0 unspecified atom stereocenters. The lowest BCUT2D eigenvalue weighted by Crippen LogP contribution is -2.24. The van der Waals surface area contributed by atoms with E-state index >= 15 is 0 Å². The zero-order chi connectivity index (χ0) is 22.4. The monoisotopic (exact) mass is 487 g/mol. The van der Waals surface area contributed by atoms with E-state index in [1.807, 2.05) is 0 Å².